The molecular weight excluding hydrogens is 664 g/mol. The normalized spacial score (nSPS) is 36.1. The van der Waals surface area contributed by atoms with Gasteiger partial charge in [0, 0.05) is 25.2 Å². The summed E-state index contributed by atoms with van der Waals surface area (Å²) in [5.41, 5.74) is -6.15. The third-order valence-electron chi connectivity index (χ3n) is 12.6. The Morgan fingerprint density at radius 1 is 1.02 bits per heavy atom. The molecule has 2 N–H and O–H groups in total. The number of esters is 2. The second kappa shape index (κ2) is 13.5. The van der Waals surface area contributed by atoms with E-state index in [4.69, 9.17) is 28.1 Å². The fourth-order valence-electron chi connectivity index (χ4n) is 9.34. The van der Waals surface area contributed by atoms with Crippen molar-refractivity contribution in [3.63, 3.8) is 0 Å². The fraction of sp³-hybridized carbons (Fsp3) is 0.676. The van der Waals surface area contributed by atoms with Gasteiger partial charge in [0.2, 0.25) is 0 Å². The van der Waals surface area contributed by atoms with E-state index in [2.05, 4.69) is 20.8 Å². The molecule has 2 bridgehead atoms. The van der Waals surface area contributed by atoms with E-state index in [1.54, 1.807) is 58.0 Å². The van der Waals surface area contributed by atoms with E-state index in [1.807, 2.05) is 0 Å². The van der Waals surface area contributed by atoms with Crippen molar-refractivity contribution in [2.24, 2.45) is 16.7 Å². The van der Waals surface area contributed by atoms with Crippen LogP contribution in [0.5, 0.6) is 0 Å². The average Bonchev–Trinajstić information content (AvgIpc) is 3.08. The molecule has 3 aliphatic carbocycles. The van der Waals surface area contributed by atoms with Gasteiger partial charge in [0.15, 0.2) is 25.8 Å². The van der Waals surface area contributed by atoms with Crippen molar-refractivity contribution in [1.82, 2.24) is 0 Å². The Kier molecular flexibility index (Phi) is 10.3. The zero-order valence-corrected chi connectivity index (χ0v) is 31.6. The molecule has 1 heterocycles. The molecular formula is C37H52O12Si. The number of hydrogen-bond acceptors (Lipinski definition) is 12. The Hall–Kier alpha value is -3.10. The molecule has 1 aromatic rings. The molecule has 13 heteroatoms. The highest BCUT2D eigenvalue weighted by atomic mass is 28.4. The van der Waals surface area contributed by atoms with Crippen LogP contribution in [0.15, 0.2) is 41.5 Å². The Balaban J connectivity index is 1.88. The number of aliphatic hydroxyl groups excluding tert-OH is 1. The maximum absolute atomic E-state index is 15.7. The summed E-state index contributed by atoms with van der Waals surface area (Å²) in [5, 5.41) is 24.9. The van der Waals surface area contributed by atoms with Crippen LogP contribution < -0.4 is 0 Å². The largest absolute Gasteiger partial charge is 0.509 e. The van der Waals surface area contributed by atoms with Crippen molar-refractivity contribution >= 4 is 32.2 Å². The van der Waals surface area contributed by atoms with Gasteiger partial charge in [-0.15, -0.1) is 0 Å². The molecule has 1 saturated heterocycles. The summed E-state index contributed by atoms with van der Waals surface area (Å²) >= 11 is 0. The molecule has 0 radical (unpaired) electrons. The molecule has 276 valence electrons. The molecule has 2 saturated carbocycles. The minimum absolute atomic E-state index is 0.146. The number of ether oxygens (including phenoxy) is 5. The van der Waals surface area contributed by atoms with E-state index >= 15 is 4.79 Å². The van der Waals surface area contributed by atoms with E-state index in [-0.39, 0.29) is 30.6 Å². The number of carbonyl (C=O) groups is 4. The molecule has 4 aliphatic rings. The van der Waals surface area contributed by atoms with Gasteiger partial charge in [-0.3, -0.25) is 9.59 Å². The zero-order chi connectivity index (χ0) is 37.0. The fourth-order valence-corrected chi connectivity index (χ4v) is 12.3. The molecule has 50 heavy (non-hydrogen) atoms. The lowest BCUT2D eigenvalue weighted by molar-refractivity contribution is -0.344. The Bertz CT molecular complexity index is 1530. The number of hydrogen-bond donors (Lipinski definition) is 2. The molecule has 5 rings (SSSR count). The van der Waals surface area contributed by atoms with Crippen molar-refractivity contribution in [2.75, 3.05) is 13.7 Å². The average molecular weight is 717 g/mol. The highest BCUT2D eigenvalue weighted by molar-refractivity contribution is 6.73. The highest BCUT2D eigenvalue weighted by Crippen LogP contribution is 2.65. The quantitative estimate of drug-likeness (QED) is 0.154. The Labute approximate surface area is 294 Å². The van der Waals surface area contributed by atoms with Gasteiger partial charge in [-0.1, -0.05) is 52.8 Å². The smallest absolute Gasteiger partial charge is 0.455 e. The van der Waals surface area contributed by atoms with Gasteiger partial charge in [-0.25, -0.2) is 9.59 Å². The maximum Gasteiger partial charge on any atom is 0.509 e. The van der Waals surface area contributed by atoms with E-state index in [0.717, 1.165) is 25.2 Å². The Morgan fingerprint density at radius 2 is 1.64 bits per heavy atom. The molecule has 12 nitrogen and oxygen atoms in total. The van der Waals surface area contributed by atoms with E-state index in [9.17, 15) is 24.6 Å². The molecule has 0 aromatic heterocycles. The molecule has 0 amide bonds. The summed E-state index contributed by atoms with van der Waals surface area (Å²) in [6, 6.07) is 10.5. The number of benzene rings is 1. The van der Waals surface area contributed by atoms with Crippen LogP contribution in [-0.2, 0) is 37.7 Å². The number of Topliss-reactive ketones (excluding diaryl/α,β-unsaturated/α-hetero) is 1. The van der Waals surface area contributed by atoms with Gasteiger partial charge in [0.05, 0.1) is 42.8 Å². The van der Waals surface area contributed by atoms with Gasteiger partial charge >= 0.3 is 18.1 Å². The van der Waals surface area contributed by atoms with Crippen LogP contribution in [0.25, 0.3) is 0 Å². The first kappa shape index (κ1) is 38.1. The molecule has 3 fully saturated rings. The predicted molar refractivity (Wildman–Crippen MR) is 183 cm³/mol. The number of rotatable bonds is 9. The third kappa shape index (κ3) is 5.64. The van der Waals surface area contributed by atoms with Crippen molar-refractivity contribution in [2.45, 2.75) is 128 Å². The molecule has 1 aliphatic heterocycles. The second-order valence-electron chi connectivity index (χ2n) is 15.1. The first-order chi connectivity index (χ1) is 23.4. The van der Waals surface area contributed by atoms with Crippen LogP contribution in [0.4, 0.5) is 4.79 Å². The lowest BCUT2D eigenvalue weighted by atomic mass is 9.44. The second-order valence-corrected chi connectivity index (χ2v) is 19.8. The summed E-state index contributed by atoms with van der Waals surface area (Å²) in [4.78, 5) is 55.8. The molecule has 0 spiro atoms. The SMILES string of the molecule is CC[Si](CC)(CC)O[C@H]1C[C@H]2OC[C@@]2(OC(C)=O)[C@H]2[C@H](OC(=O)c3ccccc3)[C@]3(O)C[C@H](O)C(C)=C([C@@H](OC(=O)OC)C(=O)[C@]12C)C3(C)C. The predicted octanol–water partition coefficient (Wildman–Crippen LogP) is 4.90. The standard InChI is InChI=1S/C37H52O12Si/c1-10-50(11-2,12-3)49-25-18-26-36(20-45-26,48-22(5)38)29-31(47-32(41)23-16-14-13-15-17-23)37(43)19-24(39)21(4)27(34(37,6)7)28(46-33(42)44-9)30(40)35(25,29)8/h13-17,24-26,28-29,31,39,43H,10-12,18-20H2,1-9H3/t24-,25-,26+,28+,29-,31-,35+,36-,37+/m0/s1. The number of methoxy groups -OCH3 is 1. The van der Waals surface area contributed by atoms with Crippen LogP contribution >= 0.6 is 0 Å². The third-order valence-corrected chi connectivity index (χ3v) is 17.2. The maximum atomic E-state index is 15.7. The Morgan fingerprint density at radius 3 is 2.16 bits per heavy atom. The summed E-state index contributed by atoms with van der Waals surface area (Å²) in [7, 11) is -1.38. The van der Waals surface area contributed by atoms with Crippen LogP contribution in [-0.4, -0.2) is 97.8 Å². The van der Waals surface area contributed by atoms with Crippen LogP contribution in [0.3, 0.4) is 0 Å². The monoisotopic (exact) mass is 716 g/mol. The first-order valence-electron chi connectivity index (χ1n) is 17.6. The molecule has 0 unspecified atom stereocenters. The highest BCUT2D eigenvalue weighted by Gasteiger charge is 2.78. The van der Waals surface area contributed by atoms with E-state index in [0.29, 0.717) is 5.57 Å². The van der Waals surface area contributed by atoms with Crippen LogP contribution in [0, 0.1) is 16.7 Å². The molecule has 9 atom stereocenters. The van der Waals surface area contributed by atoms with Crippen LogP contribution in [0.1, 0.15) is 78.6 Å². The zero-order valence-electron chi connectivity index (χ0n) is 30.6. The van der Waals surface area contributed by atoms with Crippen molar-refractivity contribution in [1.29, 1.82) is 0 Å². The molecule has 1 aromatic carbocycles. The van der Waals surface area contributed by atoms with Crippen molar-refractivity contribution < 1.29 is 57.5 Å². The number of ketones is 1. The van der Waals surface area contributed by atoms with Crippen molar-refractivity contribution in [3.05, 3.63) is 47.0 Å². The topological polar surface area (TPSA) is 164 Å². The van der Waals surface area contributed by atoms with Crippen molar-refractivity contribution in [3.8, 4) is 0 Å². The number of fused-ring (bicyclic) bond motifs is 5. The summed E-state index contributed by atoms with van der Waals surface area (Å²) in [6.07, 6.45) is -7.50. The lowest BCUT2D eigenvalue weighted by Crippen LogP contribution is -2.82. The minimum atomic E-state index is -2.51. The summed E-state index contributed by atoms with van der Waals surface area (Å²) < 4.78 is 36.7. The van der Waals surface area contributed by atoms with E-state index < -0.39 is 90.7 Å². The van der Waals surface area contributed by atoms with Gasteiger partial charge < -0.3 is 38.3 Å². The first-order valence-corrected chi connectivity index (χ1v) is 20.1. The number of aliphatic hydroxyl groups is 2. The minimum Gasteiger partial charge on any atom is -0.455 e. The van der Waals surface area contributed by atoms with Gasteiger partial charge in [-0.2, -0.15) is 0 Å². The number of carbonyl (C=O) groups excluding carboxylic acids is 4. The summed E-state index contributed by atoms with van der Waals surface area (Å²) in [5.74, 6) is -3.33. The van der Waals surface area contributed by atoms with Crippen LogP contribution in [0.2, 0.25) is 18.1 Å². The van der Waals surface area contributed by atoms with Gasteiger partial charge in [0.25, 0.3) is 0 Å². The van der Waals surface area contributed by atoms with Gasteiger partial charge in [-0.05, 0) is 55.3 Å². The van der Waals surface area contributed by atoms with E-state index in [1.165, 1.54) is 6.92 Å². The summed E-state index contributed by atoms with van der Waals surface area (Å²) in [6.45, 7) is 13.9. The van der Waals surface area contributed by atoms with Gasteiger partial charge in [0.1, 0.15) is 17.8 Å². The lowest BCUT2D eigenvalue weighted by Gasteiger charge is -2.68.